The van der Waals surface area contributed by atoms with Crippen molar-refractivity contribution in [3.05, 3.63) is 101 Å². The molecule has 1 aromatic heterocycles. The van der Waals surface area contributed by atoms with E-state index in [0.717, 1.165) is 6.07 Å². The Morgan fingerprint density at radius 3 is 2.40 bits per heavy atom. The van der Waals surface area contributed by atoms with E-state index in [4.69, 9.17) is 9.47 Å². The van der Waals surface area contributed by atoms with Gasteiger partial charge < -0.3 is 19.5 Å². The van der Waals surface area contributed by atoms with Gasteiger partial charge in [0.2, 0.25) is 0 Å². The number of aromatic nitrogens is 1. The third-order valence-corrected chi connectivity index (χ3v) is 5.69. The number of hydrogen-bond acceptors (Lipinski definition) is 7. The Balaban J connectivity index is 1.85. The van der Waals surface area contributed by atoms with Gasteiger partial charge in [0.1, 0.15) is 5.76 Å². The summed E-state index contributed by atoms with van der Waals surface area (Å²) in [7, 11) is 2.56. The molecule has 35 heavy (non-hydrogen) atoms. The molecule has 1 atom stereocenters. The molecule has 0 bridgehead atoms. The number of ketones is 1. The summed E-state index contributed by atoms with van der Waals surface area (Å²) in [5.41, 5.74) is 1.23. The first kappa shape index (κ1) is 23.6. The van der Waals surface area contributed by atoms with Crippen molar-refractivity contribution in [1.29, 1.82) is 0 Å². The monoisotopic (exact) mass is 476 g/mol. The predicted molar refractivity (Wildman–Crippen MR) is 123 cm³/mol. The molecule has 2 aromatic carbocycles. The van der Waals surface area contributed by atoms with Gasteiger partial charge in [0, 0.05) is 24.5 Å². The van der Waals surface area contributed by atoms with E-state index in [1.165, 1.54) is 43.4 Å². The quantitative estimate of drug-likeness (QED) is 0.251. The summed E-state index contributed by atoms with van der Waals surface area (Å²) in [6.45, 7) is 0.0373. The molecule has 0 spiro atoms. The normalized spacial score (nSPS) is 16.9. The van der Waals surface area contributed by atoms with Crippen LogP contribution in [0.4, 0.5) is 4.39 Å². The minimum absolute atomic E-state index is 0.0128. The fourth-order valence-electron chi connectivity index (χ4n) is 3.97. The first-order chi connectivity index (χ1) is 16.8. The van der Waals surface area contributed by atoms with E-state index in [2.05, 4.69) is 4.98 Å². The van der Waals surface area contributed by atoms with Crippen molar-refractivity contribution < 1.29 is 33.4 Å². The number of methoxy groups -OCH3 is 2. The van der Waals surface area contributed by atoms with E-state index in [9.17, 15) is 23.9 Å². The number of rotatable bonds is 6. The number of halogens is 1. The Bertz CT molecular complexity index is 1320. The van der Waals surface area contributed by atoms with Crippen LogP contribution >= 0.6 is 0 Å². The van der Waals surface area contributed by atoms with Crippen molar-refractivity contribution in [2.24, 2.45) is 0 Å². The molecule has 1 unspecified atom stereocenters. The van der Waals surface area contributed by atoms with Gasteiger partial charge in [-0.05, 0) is 47.5 Å². The number of nitrogens with zero attached hydrogens (tertiary/aromatic N) is 2. The second kappa shape index (κ2) is 9.76. The van der Waals surface area contributed by atoms with Crippen LogP contribution in [0.3, 0.4) is 0 Å². The fraction of sp³-hybridized carbons (Fsp3) is 0.154. The molecule has 0 saturated carbocycles. The number of benzene rings is 2. The second-order valence-electron chi connectivity index (χ2n) is 7.75. The maximum atomic E-state index is 14.3. The summed E-state index contributed by atoms with van der Waals surface area (Å²) >= 11 is 0. The van der Waals surface area contributed by atoms with Gasteiger partial charge in [-0.15, -0.1) is 0 Å². The van der Waals surface area contributed by atoms with Gasteiger partial charge in [-0.2, -0.15) is 0 Å². The highest BCUT2D eigenvalue weighted by molar-refractivity contribution is 6.46. The molecule has 2 heterocycles. The zero-order valence-corrected chi connectivity index (χ0v) is 18.9. The van der Waals surface area contributed by atoms with Crippen molar-refractivity contribution in [2.45, 2.75) is 12.6 Å². The lowest BCUT2D eigenvalue weighted by Gasteiger charge is -2.25. The second-order valence-corrected chi connectivity index (χ2v) is 7.75. The summed E-state index contributed by atoms with van der Waals surface area (Å²) in [6, 6.07) is 12.3. The minimum atomic E-state index is -0.993. The zero-order valence-electron chi connectivity index (χ0n) is 18.9. The van der Waals surface area contributed by atoms with Crippen LogP contribution < -0.4 is 4.74 Å². The Kier molecular flexibility index (Phi) is 6.59. The lowest BCUT2D eigenvalue weighted by Crippen LogP contribution is -2.29. The molecule has 0 aliphatic carbocycles. The number of aliphatic hydroxyl groups excluding tert-OH is 1. The van der Waals surface area contributed by atoms with Gasteiger partial charge >= 0.3 is 5.97 Å². The minimum Gasteiger partial charge on any atom is -0.507 e. The average molecular weight is 476 g/mol. The topological polar surface area (TPSA) is 106 Å². The van der Waals surface area contributed by atoms with E-state index >= 15 is 0 Å². The van der Waals surface area contributed by atoms with Crippen molar-refractivity contribution in [1.82, 2.24) is 9.88 Å². The summed E-state index contributed by atoms with van der Waals surface area (Å²) < 4.78 is 24.0. The van der Waals surface area contributed by atoms with Crippen molar-refractivity contribution in [3.63, 3.8) is 0 Å². The molecular weight excluding hydrogens is 455 g/mol. The van der Waals surface area contributed by atoms with Gasteiger partial charge in [0.25, 0.3) is 11.7 Å². The number of ether oxygens (including phenoxy) is 2. The Hall–Kier alpha value is -4.53. The van der Waals surface area contributed by atoms with E-state index in [1.807, 2.05) is 0 Å². The lowest BCUT2D eigenvalue weighted by molar-refractivity contribution is -0.140. The number of likely N-dealkylation sites (tertiary alicyclic amines) is 1. The van der Waals surface area contributed by atoms with Crippen molar-refractivity contribution >= 4 is 23.4 Å². The van der Waals surface area contributed by atoms with Crippen LogP contribution in [0.25, 0.3) is 5.76 Å². The first-order valence-corrected chi connectivity index (χ1v) is 10.5. The van der Waals surface area contributed by atoms with Crippen LogP contribution in [0, 0.1) is 5.82 Å². The fourth-order valence-corrected chi connectivity index (χ4v) is 3.97. The number of esters is 1. The number of hydrogen-bond donors (Lipinski definition) is 1. The predicted octanol–water partition coefficient (Wildman–Crippen LogP) is 3.64. The van der Waals surface area contributed by atoms with Gasteiger partial charge in [-0.25, -0.2) is 9.18 Å². The highest BCUT2D eigenvalue weighted by Crippen LogP contribution is 2.40. The standard InChI is InChI=1S/C26H21FN2O6/c1-34-20-10-9-18(12-19(20)27)23(30)21-22(16-5-7-17(8-6-16)26(33)35-2)29(25(32)24(21)31)14-15-4-3-11-28-13-15/h3-13,22,30H,14H2,1-2H3/b23-21-. The van der Waals surface area contributed by atoms with E-state index in [-0.39, 0.29) is 29.0 Å². The number of pyridine rings is 1. The van der Waals surface area contributed by atoms with Crippen molar-refractivity contribution in [2.75, 3.05) is 14.2 Å². The zero-order chi connectivity index (χ0) is 25.1. The molecule has 1 fully saturated rings. The summed E-state index contributed by atoms with van der Waals surface area (Å²) in [4.78, 5) is 43.4. The van der Waals surface area contributed by atoms with Crippen LogP contribution in [0.1, 0.15) is 33.1 Å². The number of amides is 1. The Morgan fingerprint density at radius 2 is 1.80 bits per heavy atom. The first-order valence-electron chi connectivity index (χ1n) is 10.5. The van der Waals surface area contributed by atoms with E-state index in [1.54, 1.807) is 36.7 Å². The molecule has 1 amide bonds. The molecule has 178 valence electrons. The molecule has 3 aromatic rings. The van der Waals surface area contributed by atoms with Crippen LogP contribution in [0.5, 0.6) is 5.75 Å². The molecule has 1 aliphatic heterocycles. The molecule has 1 N–H and O–H groups in total. The summed E-state index contributed by atoms with van der Waals surface area (Å²) in [5, 5.41) is 11.1. The van der Waals surface area contributed by atoms with Crippen molar-refractivity contribution in [3.8, 4) is 5.75 Å². The van der Waals surface area contributed by atoms with Gasteiger partial charge in [0.15, 0.2) is 11.6 Å². The Morgan fingerprint density at radius 1 is 1.09 bits per heavy atom. The summed E-state index contributed by atoms with van der Waals surface area (Å²) in [5.74, 6) is -3.58. The third-order valence-electron chi connectivity index (χ3n) is 5.69. The molecule has 1 saturated heterocycles. The molecule has 8 nitrogen and oxygen atoms in total. The van der Waals surface area contributed by atoms with Gasteiger partial charge in [-0.3, -0.25) is 14.6 Å². The van der Waals surface area contributed by atoms with E-state index in [0.29, 0.717) is 11.1 Å². The molecule has 1 aliphatic rings. The van der Waals surface area contributed by atoms with Crippen LogP contribution in [0.2, 0.25) is 0 Å². The molecule has 0 radical (unpaired) electrons. The maximum Gasteiger partial charge on any atom is 0.337 e. The largest absolute Gasteiger partial charge is 0.507 e. The number of carbonyl (C=O) groups is 3. The molecule has 9 heteroatoms. The Labute approximate surface area is 200 Å². The van der Waals surface area contributed by atoms with Crippen LogP contribution in [-0.4, -0.2) is 46.9 Å². The number of carbonyl (C=O) groups excluding carboxylic acids is 3. The maximum absolute atomic E-state index is 14.3. The average Bonchev–Trinajstić information content (AvgIpc) is 3.13. The van der Waals surface area contributed by atoms with Crippen LogP contribution in [-0.2, 0) is 20.9 Å². The highest BCUT2D eigenvalue weighted by Gasteiger charge is 2.46. The number of Topliss-reactive ketones (excluding diaryl/α,β-unsaturated/α-hetero) is 1. The SMILES string of the molecule is COC(=O)c1ccc(C2/C(=C(/O)c3ccc(OC)c(F)c3)C(=O)C(=O)N2Cc2cccnc2)cc1. The van der Waals surface area contributed by atoms with Gasteiger partial charge in [0.05, 0.1) is 31.4 Å². The highest BCUT2D eigenvalue weighted by atomic mass is 19.1. The smallest absolute Gasteiger partial charge is 0.337 e. The third kappa shape index (κ3) is 4.48. The molecular formula is C26H21FN2O6. The van der Waals surface area contributed by atoms with Crippen LogP contribution in [0.15, 0.2) is 72.6 Å². The number of aliphatic hydroxyl groups is 1. The van der Waals surface area contributed by atoms with E-state index < -0.39 is 35.3 Å². The lowest BCUT2D eigenvalue weighted by atomic mass is 9.94. The summed E-state index contributed by atoms with van der Waals surface area (Å²) in [6.07, 6.45) is 3.15. The van der Waals surface area contributed by atoms with Gasteiger partial charge in [-0.1, -0.05) is 18.2 Å². The molecule has 4 rings (SSSR count).